The fraction of sp³-hybridized carbons (Fsp3) is 0.333. The van der Waals surface area contributed by atoms with Crippen molar-refractivity contribution in [2.75, 3.05) is 7.11 Å². The summed E-state index contributed by atoms with van der Waals surface area (Å²) in [5, 5.41) is 3.44. The van der Waals surface area contributed by atoms with Crippen molar-refractivity contribution in [1.29, 1.82) is 0 Å². The standard InChI is InChI=1S/C27H25FINO4/c1-33-23-13-16(12-18(29)27(23)34-14-15-5-2-6-17(28)11-15)24-25-19(7-3-9-21(25)31)30-20-8-4-10-22(32)26(20)24/h2,5-6,11-13,24,30H,3-4,7-10,14H2,1H3. The van der Waals surface area contributed by atoms with E-state index in [1.54, 1.807) is 19.2 Å². The first-order chi connectivity index (χ1) is 16.5. The topological polar surface area (TPSA) is 64.6 Å². The fourth-order valence-electron chi connectivity index (χ4n) is 5.15. The van der Waals surface area contributed by atoms with Crippen molar-refractivity contribution in [2.45, 2.75) is 51.0 Å². The highest BCUT2D eigenvalue weighted by Crippen LogP contribution is 2.47. The molecule has 0 fully saturated rings. The SMILES string of the molecule is COc1cc(C2C3=C(CCCC3=O)NC3=C2C(=O)CCC3)cc(I)c1OCc1cccc(F)c1. The maximum Gasteiger partial charge on any atom is 0.174 e. The molecule has 1 N–H and O–H groups in total. The second-order valence-corrected chi connectivity index (χ2v) is 10.0. The molecule has 0 saturated heterocycles. The fourth-order valence-corrected chi connectivity index (χ4v) is 5.93. The van der Waals surface area contributed by atoms with Crippen LogP contribution in [0.15, 0.2) is 58.9 Å². The van der Waals surface area contributed by atoms with Crippen molar-refractivity contribution < 1.29 is 23.5 Å². The van der Waals surface area contributed by atoms with Crippen LogP contribution in [-0.4, -0.2) is 18.7 Å². The zero-order chi connectivity index (χ0) is 23.8. The lowest BCUT2D eigenvalue weighted by Gasteiger charge is -2.37. The van der Waals surface area contributed by atoms with E-state index < -0.39 is 5.92 Å². The molecule has 2 aromatic carbocycles. The molecular weight excluding hydrogens is 548 g/mol. The first-order valence-corrected chi connectivity index (χ1v) is 12.6. The van der Waals surface area contributed by atoms with Gasteiger partial charge in [0.25, 0.3) is 0 Å². The minimum atomic E-state index is -0.397. The highest BCUT2D eigenvalue weighted by atomic mass is 127. The van der Waals surface area contributed by atoms with Gasteiger partial charge in [-0.3, -0.25) is 9.59 Å². The zero-order valence-electron chi connectivity index (χ0n) is 18.9. The number of ether oxygens (including phenoxy) is 2. The Morgan fingerprint density at radius 3 is 2.29 bits per heavy atom. The highest BCUT2D eigenvalue weighted by molar-refractivity contribution is 14.1. The van der Waals surface area contributed by atoms with Gasteiger partial charge in [0.15, 0.2) is 23.1 Å². The van der Waals surface area contributed by atoms with Gasteiger partial charge in [-0.05, 0) is 83.7 Å². The van der Waals surface area contributed by atoms with Gasteiger partial charge in [-0.25, -0.2) is 4.39 Å². The molecule has 0 saturated carbocycles. The van der Waals surface area contributed by atoms with Crippen LogP contribution in [0.1, 0.15) is 55.6 Å². The summed E-state index contributed by atoms with van der Waals surface area (Å²) < 4.78 is 26.1. The van der Waals surface area contributed by atoms with Gasteiger partial charge in [-0.1, -0.05) is 12.1 Å². The van der Waals surface area contributed by atoms with Gasteiger partial charge < -0.3 is 14.8 Å². The average Bonchev–Trinajstić information content (AvgIpc) is 2.82. The van der Waals surface area contributed by atoms with Crippen LogP contribution in [0.5, 0.6) is 11.5 Å². The molecule has 5 rings (SSSR count). The normalized spacial score (nSPS) is 18.4. The van der Waals surface area contributed by atoms with Gasteiger partial charge in [-0.15, -0.1) is 0 Å². The number of carbonyl (C=O) groups is 2. The van der Waals surface area contributed by atoms with Gasteiger partial charge in [0.1, 0.15) is 12.4 Å². The lowest BCUT2D eigenvalue weighted by atomic mass is 9.71. The number of allylic oxidation sites excluding steroid dienone is 4. The van der Waals surface area contributed by atoms with E-state index in [1.165, 1.54) is 12.1 Å². The van der Waals surface area contributed by atoms with Crippen molar-refractivity contribution in [2.24, 2.45) is 0 Å². The third kappa shape index (κ3) is 4.26. The Kier molecular flexibility index (Phi) is 6.46. The molecular formula is C27H25FINO4. The molecule has 2 aliphatic carbocycles. The summed E-state index contributed by atoms with van der Waals surface area (Å²) in [6, 6.07) is 10.1. The molecule has 176 valence electrons. The number of Topliss-reactive ketones (excluding diaryl/α,β-unsaturated/α-hetero) is 2. The molecule has 0 radical (unpaired) electrons. The Labute approximate surface area is 211 Å². The summed E-state index contributed by atoms with van der Waals surface area (Å²) >= 11 is 2.19. The summed E-state index contributed by atoms with van der Waals surface area (Å²) in [6.07, 6.45) is 4.26. The summed E-state index contributed by atoms with van der Waals surface area (Å²) in [4.78, 5) is 26.1. The molecule has 34 heavy (non-hydrogen) atoms. The predicted octanol–water partition coefficient (Wildman–Crippen LogP) is 5.72. The van der Waals surface area contributed by atoms with Crippen LogP contribution < -0.4 is 14.8 Å². The lowest BCUT2D eigenvalue weighted by Crippen LogP contribution is -2.36. The van der Waals surface area contributed by atoms with Crippen LogP contribution >= 0.6 is 22.6 Å². The van der Waals surface area contributed by atoms with Crippen LogP contribution in [0, 0.1) is 9.39 Å². The predicted molar refractivity (Wildman–Crippen MR) is 134 cm³/mol. The van der Waals surface area contributed by atoms with Gasteiger partial charge in [0.2, 0.25) is 0 Å². The number of ketones is 2. The molecule has 7 heteroatoms. The second-order valence-electron chi connectivity index (χ2n) is 8.85. The van der Waals surface area contributed by atoms with Crippen LogP contribution in [0.25, 0.3) is 0 Å². The van der Waals surface area contributed by atoms with Crippen LogP contribution in [0.2, 0.25) is 0 Å². The number of nitrogens with one attached hydrogen (secondary N) is 1. The largest absolute Gasteiger partial charge is 0.493 e. The molecule has 0 amide bonds. The number of methoxy groups -OCH3 is 1. The van der Waals surface area contributed by atoms with Gasteiger partial charge in [0, 0.05) is 41.3 Å². The van der Waals surface area contributed by atoms with Gasteiger partial charge in [-0.2, -0.15) is 0 Å². The maximum absolute atomic E-state index is 13.6. The molecule has 2 aromatic rings. The minimum absolute atomic E-state index is 0.101. The lowest BCUT2D eigenvalue weighted by molar-refractivity contribution is -0.116. The van der Waals surface area contributed by atoms with E-state index in [4.69, 9.17) is 9.47 Å². The molecule has 0 aromatic heterocycles. The molecule has 3 aliphatic rings. The van der Waals surface area contributed by atoms with E-state index in [0.29, 0.717) is 41.1 Å². The minimum Gasteiger partial charge on any atom is -0.493 e. The van der Waals surface area contributed by atoms with Crippen molar-refractivity contribution in [3.63, 3.8) is 0 Å². The van der Waals surface area contributed by atoms with E-state index >= 15 is 0 Å². The Morgan fingerprint density at radius 1 is 1.00 bits per heavy atom. The Morgan fingerprint density at radius 2 is 1.68 bits per heavy atom. The first-order valence-electron chi connectivity index (χ1n) is 11.5. The van der Waals surface area contributed by atoms with E-state index in [9.17, 15) is 14.0 Å². The molecule has 5 nitrogen and oxygen atoms in total. The Balaban J connectivity index is 1.56. The van der Waals surface area contributed by atoms with Crippen LogP contribution in [0.3, 0.4) is 0 Å². The van der Waals surface area contributed by atoms with Crippen molar-refractivity contribution in [3.05, 3.63) is 79.5 Å². The van der Waals surface area contributed by atoms with Crippen LogP contribution in [-0.2, 0) is 16.2 Å². The van der Waals surface area contributed by atoms with E-state index in [0.717, 1.165) is 46.2 Å². The monoisotopic (exact) mass is 573 g/mol. The second kappa shape index (κ2) is 9.52. The molecule has 0 atom stereocenters. The number of halogens is 2. The molecule has 0 bridgehead atoms. The van der Waals surface area contributed by atoms with Crippen molar-refractivity contribution in [3.8, 4) is 11.5 Å². The number of carbonyl (C=O) groups excluding carboxylic acids is 2. The number of hydrogen-bond acceptors (Lipinski definition) is 5. The molecule has 1 aliphatic heterocycles. The summed E-state index contributed by atoms with van der Waals surface area (Å²) in [5.41, 5.74) is 4.90. The molecule has 0 spiro atoms. The van der Waals surface area contributed by atoms with E-state index in [-0.39, 0.29) is 24.0 Å². The van der Waals surface area contributed by atoms with Gasteiger partial charge in [0.05, 0.1) is 10.7 Å². The highest BCUT2D eigenvalue weighted by Gasteiger charge is 2.40. The van der Waals surface area contributed by atoms with Gasteiger partial charge >= 0.3 is 0 Å². The first kappa shape index (κ1) is 23.1. The third-order valence-electron chi connectivity index (χ3n) is 6.65. The zero-order valence-corrected chi connectivity index (χ0v) is 21.0. The summed E-state index contributed by atoms with van der Waals surface area (Å²) in [6.45, 7) is 0.193. The van der Waals surface area contributed by atoms with Crippen molar-refractivity contribution >= 4 is 34.2 Å². The van der Waals surface area contributed by atoms with E-state index in [2.05, 4.69) is 27.9 Å². The third-order valence-corrected chi connectivity index (χ3v) is 7.45. The maximum atomic E-state index is 13.6. The quantitative estimate of drug-likeness (QED) is 0.464. The number of benzene rings is 2. The Bertz CT molecular complexity index is 1210. The summed E-state index contributed by atoms with van der Waals surface area (Å²) in [7, 11) is 1.57. The molecule has 0 unspecified atom stereocenters. The van der Waals surface area contributed by atoms with Crippen molar-refractivity contribution in [1.82, 2.24) is 5.32 Å². The summed E-state index contributed by atoms with van der Waals surface area (Å²) in [5.74, 6) is 0.567. The number of hydrogen-bond donors (Lipinski definition) is 1. The smallest absolute Gasteiger partial charge is 0.174 e. The molecule has 1 heterocycles. The Hall–Kier alpha value is -2.68. The number of dihydropyridines is 1. The average molecular weight is 573 g/mol. The van der Waals surface area contributed by atoms with E-state index in [1.807, 2.05) is 12.1 Å². The number of rotatable bonds is 5. The van der Waals surface area contributed by atoms with Crippen LogP contribution in [0.4, 0.5) is 4.39 Å².